The highest BCUT2D eigenvalue weighted by Gasteiger charge is 2.34. The lowest BCUT2D eigenvalue weighted by Gasteiger charge is -2.32. The molecule has 2 aliphatic rings. The first kappa shape index (κ1) is 19.6. The summed E-state index contributed by atoms with van der Waals surface area (Å²) in [5.74, 6) is 0.189. The molecule has 4 rings (SSSR count). The van der Waals surface area contributed by atoms with E-state index in [2.05, 4.69) is 15.8 Å². The van der Waals surface area contributed by atoms with Gasteiger partial charge in [0.1, 0.15) is 16.0 Å². The van der Waals surface area contributed by atoms with Gasteiger partial charge in [0.25, 0.3) is 10.0 Å². The number of nitrogens with zero attached hydrogens (tertiary/aromatic N) is 3. The molecule has 1 fully saturated rings. The molecule has 0 radical (unpaired) electrons. The van der Waals surface area contributed by atoms with Crippen molar-refractivity contribution in [3.63, 3.8) is 0 Å². The number of thiophene rings is 1. The summed E-state index contributed by atoms with van der Waals surface area (Å²) < 4.78 is 28.5. The van der Waals surface area contributed by atoms with Crippen molar-refractivity contribution in [1.29, 1.82) is 5.26 Å². The summed E-state index contributed by atoms with van der Waals surface area (Å²) in [5, 5.41) is 12.9. The zero-order chi connectivity index (χ0) is 20.8. The summed E-state index contributed by atoms with van der Waals surface area (Å²) in [6.07, 6.45) is 1.19. The molecule has 1 N–H and O–H groups in total. The minimum Gasteiger partial charge on any atom is -0.355 e. The molecular weight excluding hydrogens is 408 g/mol. The Kier molecular flexibility index (Phi) is 4.92. The molecule has 0 unspecified atom stereocenters. The van der Waals surface area contributed by atoms with Gasteiger partial charge < -0.3 is 10.2 Å². The maximum Gasteiger partial charge on any atom is 0.285 e. The minimum absolute atomic E-state index is 0.0937. The Labute approximate surface area is 173 Å². The highest BCUT2D eigenvalue weighted by molar-refractivity contribution is 7.90. The second-order valence-electron chi connectivity index (χ2n) is 7.24. The van der Waals surface area contributed by atoms with Crippen molar-refractivity contribution in [1.82, 2.24) is 4.90 Å². The number of carbonyl (C=O) groups is 1. The number of anilines is 1. The minimum atomic E-state index is -3.65. The monoisotopic (exact) mass is 428 g/mol. The van der Waals surface area contributed by atoms with Crippen LogP contribution in [0, 0.1) is 31.1 Å². The van der Waals surface area contributed by atoms with Crippen molar-refractivity contribution < 1.29 is 13.2 Å². The van der Waals surface area contributed by atoms with Gasteiger partial charge in [0.05, 0.1) is 5.56 Å². The first-order valence-electron chi connectivity index (χ1n) is 9.32. The van der Waals surface area contributed by atoms with Crippen LogP contribution in [-0.2, 0) is 14.8 Å². The predicted octanol–water partition coefficient (Wildman–Crippen LogP) is 3.04. The molecule has 1 aromatic carbocycles. The van der Waals surface area contributed by atoms with Crippen molar-refractivity contribution >= 4 is 38.1 Å². The fraction of sp³-hybridized carbons (Fsp3) is 0.350. The number of hydrogen-bond acceptors (Lipinski definition) is 6. The number of amidine groups is 1. The number of hydrogen-bond donors (Lipinski definition) is 1. The number of rotatable bonds is 2. The second kappa shape index (κ2) is 7.28. The largest absolute Gasteiger partial charge is 0.355 e. The Bertz CT molecular complexity index is 1170. The quantitative estimate of drug-likeness (QED) is 0.792. The Morgan fingerprint density at radius 2 is 1.97 bits per heavy atom. The third-order valence-corrected chi connectivity index (χ3v) is 7.96. The van der Waals surface area contributed by atoms with Gasteiger partial charge >= 0.3 is 0 Å². The van der Waals surface area contributed by atoms with E-state index in [-0.39, 0.29) is 16.7 Å². The standard InChI is InChI=1S/C20H20N4O3S2/c1-12-13(2)28-20(16(12)11-21)22-19(25)14-7-9-24(10-8-14)18-15-5-3-4-6-17(15)29(26,27)23-18/h3-6,14H,7-10H2,1-2H3,(H,22,25). The van der Waals surface area contributed by atoms with Gasteiger partial charge in [-0.2, -0.15) is 13.7 Å². The van der Waals surface area contributed by atoms with Crippen molar-refractivity contribution in [3.05, 3.63) is 45.8 Å². The number of carbonyl (C=O) groups excluding carboxylic acids is 1. The zero-order valence-electron chi connectivity index (χ0n) is 16.1. The van der Waals surface area contributed by atoms with Crippen LogP contribution in [0.15, 0.2) is 33.6 Å². The SMILES string of the molecule is Cc1sc(NC(=O)C2CCN(C3=NS(=O)(=O)c4ccccc43)CC2)c(C#N)c1C. The average Bonchev–Trinajstić information content (AvgIpc) is 3.14. The summed E-state index contributed by atoms with van der Waals surface area (Å²) in [7, 11) is -3.65. The highest BCUT2D eigenvalue weighted by atomic mass is 32.2. The first-order valence-corrected chi connectivity index (χ1v) is 11.6. The number of likely N-dealkylation sites (tertiary alicyclic amines) is 1. The molecule has 0 saturated carbocycles. The van der Waals surface area contributed by atoms with Crippen LogP contribution in [0.25, 0.3) is 0 Å². The Morgan fingerprint density at radius 3 is 2.66 bits per heavy atom. The lowest BCUT2D eigenvalue weighted by Crippen LogP contribution is -2.41. The van der Waals surface area contributed by atoms with Crippen molar-refractivity contribution in [3.8, 4) is 6.07 Å². The first-order chi connectivity index (χ1) is 13.8. The molecule has 2 aromatic rings. The fourth-order valence-corrected chi connectivity index (χ4v) is 5.98. The van der Waals surface area contributed by atoms with E-state index in [1.807, 2.05) is 18.7 Å². The number of aryl methyl sites for hydroxylation is 1. The van der Waals surface area contributed by atoms with E-state index in [0.717, 1.165) is 10.4 Å². The number of piperidine rings is 1. The molecule has 29 heavy (non-hydrogen) atoms. The molecule has 1 aromatic heterocycles. The van der Waals surface area contributed by atoms with Crippen LogP contribution >= 0.6 is 11.3 Å². The van der Waals surface area contributed by atoms with E-state index >= 15 is 0 Å². The second-order valence-corrected chi connectivity index (χ2v) is 10.0. The van der Waals surface area contributed by atoms with Crippen molar-refractivity contribution in [2.24, 2.45) is 10.3 Å². The van der Waals surface area contributed by atoms with E-state index in [0.29, 0.717) is 47.9 Å². The smallest absolute Gasteiger partial charge is 0.285 e. The topological polar surface area (TPSA) is 103 Å². The highest BCUT2D eigenvalue weighted by Crippen LogP contribution is 2.33. The number of fused-ring (bicyclic) bond motifs is 1. The van der Waals surface area contributed by atoms with Gasteiger partial charge in [0, 0.05) is 29.4 Å². The molecule has 0 spiro atoms. The summed E-state index contributed by atoms with van der Waals surface area (Å²) in [6, 6.07) is 8.99. The number of nitriles is 1. The number of benzene rings is 1. The lowest BCUT2D eigenvalue weighted by atomic mass is 9.95. The van der Waals surface area contributed by atoms with Gasteiger partial charge in [-0.25, -0.2) is 0 Å². The maximum absolute atomic E-state index is 12.7. The Morgan fingerprint density at radius 1 is 1.28 bits per heavy atom. The number of amides is 1. The molecule has 1 saturated heterocycles. The van der Waals surface area contributed by atoms with Crippen LogP contribution in [0.4, 0.5) is 5.00 Å². The van der Waals surface area contributed by atoms with Gasteiger partial charge in [-0.3, -0.25) is 4.79 Å². The van der Waals surface area contributed by atoms with Crippen molar-refractivity contribution in [2.75, 3.05) is 18.4 Å². The fourth-order valence-electron chi connectivity index (χ4n) is 3.73. The molecular formula is C20H20N4O3S2. The molecule has 3 heterocycles. The summed E-state index contributed by atoms with van der Waals surface area (Å²) >= 11 is 1.42. The van der Waals surface area contributed by atoms with E-state index in [9.17, 15) is 18.5 Å². The van der Waals surface area contributed by atoms with Gasteiger partial charge in [-0.1, -0.05) is 12.1 Å². The van der Waals surface area contributed by atoms with Crippen LogP contribution in [0.3, 0.4) is 0 Å². The van der Waals surface area contributed by atoms with E-state index in [1.165, 1.54) is 11.3 Å². The van der Waals surface area contributed by atoms with Gasteiger partial charge in [-0.05, 0) is 44.4 Å². The number of nitrogens with one attached hydrogen (secondary N) is 1. The molecule has 7 nitrogen and oxygen atoms in total. The zero-order valence-corrected chi connectivity index (χ0v) is 17.7. The Balaban J connectivity index is 1.45. The molecule has 2 aliphatic heterocycles. The van der Waals surface area contributed by atoms with Gasteiger partial charge in [0.15, 0.2) is 5.84 Å². The third kappa shape index (κ3) is 3.43. The molecule has 0 bridgehead atoms. The third-order valence-electron chi connectivity index (χ3n) is 5.51. The van der Waals surface area contributed by atoms with E-state index in [4.69, 9.17) is 0 Å². The van der Waals surface area contributed by atoms with Crippen LogP contribution in [-0.4, -0.2) is 38.2 Å². The predicted molar refractivity (Wildman–Crippen MR) is 112 cm³/mol. The van der Waals surface area contributed by atoms with Crippen LogP contribution in [0.5, 0.6) is 0 Å². The summed E-state index contributed by atoms with van der Waals surface area (Å²) in [4.78, 5) is 15.9. The van der Waals surface area contributed by atoms with Gasteiger partial charge in [0.2, 0.25) is 5.91 Å². The Hall–Kier alpha value is -2.70. The molecule has 9 heteroatoms. The summed E-state index contributed by atoms with van der Waals surface area (Å²) in [6.45, 7) is 4.92. The maximum atomic E-state index is 12.7. The number of sulfonamides is 1. The molecule has 1 amide bonds. The summed E-state index contributed by atoms with van der Waals surface area (Å²) in [5.41, 5.74) is 2.06. The lowest BCUT2D eigenvalue weighted by molar-refractivity contribution is -0.120. The molecule has 0 aliphatic carbocycles. The normalized spacial score (nSPS) is 18.1. The molecule has 0 atom stereocenters. The van der Waals surface area contributed by atoms with Gasteiger partial charge in [-0.15, -0.1) is 15.7 Å². The van der Waals surface area contributed by atoms with E-state index in [1.54, 1.807) is 24.3 Å². The van der Waals surface area contributed by atoms with Crippen LogP contribution < -0.4 is 5.32 Å². The van der Waals surface area contributed by atoms with Crippen LogP contribution in [0.1, 0.15) is 34.4 Å². The van der Waals surface area contributed by atoms with Crippen molar-refractivity contribution in [2.45, 2.75) is 31.6 Å². The molecule has 150 valence electrons. The van der Waals surface area contributed by atoms with Crippen LogP contribution in [0.2, 0.25) is 0 Å². The average molecular weight is 429 g/mol. The van der Waals surface area contributed by atoms with E-state index < -0.39 is 10.0 Å².